The fourth-order valence-corrected chi connectivity index (χ4v) is 6.71. The normalized spacial score (nSPS) is 15.2. The Hall–Kier alpha value is -6.89. The number of carbonyl (C=O) groups is 6. The number of primary amides is 1. The van der Waals surface area contributed by atoms with Gasteiger partial charge in [0.15, 0.2) is 11.4 Å². The summed E-state index contributed by atoms with van der Waals surface area (Å²) in [5.74, 6) is -3.25. The smallest absolute Gasteiger partial charge is 0.277 e. The predicted octanol–water partition coefficient (Wildman–Crippen LogP) is 2.77. The van der Waals surface area contributed by atoms with Crippen molar-refractivity contribution in [3.8, 4) is 17.1 Å². The zero-order valence-electron chi connectivity index (χ0n) is 32.1. The van der Waals surface area contributed by atoms with E-state index in [-0.39, 0.29) is 46.9 Å². The maximum Gasteiger partial charge on any atom is 0.277 e. The van der Waals surface area contributed by atoms with Crippen molar-refractivity contribution in [1.82, 2.24) is 34.9 Å². The molecule has 18 nitrogen and oxygen atoms in total. The van der Waals surface area contributed by atoms with Crippen LogP contribution in [0.3, 0.4) is 0 Å². The molecule has 7 rings (SSSR count). The van der Waals surface area contributed by atoms with Gasteiger partial charge in [0.05, 0.1) is 48.5 Å². The number of ether oxygens (including phenoxy) is 2. The maximum atomic E-state index is 13.1. The van der Waals surface area contributed by atoms with E-state index in [2.05, 4.69) is 30.6 Å². The number of likely N-dealkylation sites (N-methyl/N-ethyl adjacent to an activating group) is 1. The van der Waals surface area contributed by atoms with Crippen LogP contribution < -0.4 is 16.4 Å². The lowest BCUT2D eigenvalue weighted by Crippen LogP contribution is -2.54. The van der Waals surface area contributed by atoms with Gasteiger partial charge in [-0.15, -0.1) is 0 Å². The molecular weight excluding hydrogens is 763 g/mol. The predicted molar refractivity (Wildman–Crippen MR) is 209 cm³/mol. The fraction of sp³-hybridized carbons (Fsp3) is 0.293. The van der Waals surface area contributed by atoms with Gasteiger partial charge in [-0.1, -0.05) is 18.2 Å². The van der Waals surface area contributed by atoms with E-state index < -0.39 is 41.5 Å². The van der Waals surface area contributed by atoms with Crippen molar-refractivity contribution in [1.29, 1.82) is 0 Å². The monoisotopic (exact) mass is 803 g/mol. The van der Waals surface area contributed by atoms with Gasteiger partial charge >= 0.3 is 0 Å². The third-order valence-electron chi connectivity index (χ3n) is 9.76. The first-order valence-electron chi connectivity index (χ1n) is 18.9. The highest BCUT2D eigenvalue weighted by Gasteiger charge is 2.44. The number of fused-ring (bicyclic) bond motifs is 1. The van der Waals surface area contributed by atoms with Crippen molar-refractivity contribution in [2.45, 2.75) is 38.3 Å². The molecule has 5 heterocycles. The molecule has 0 aliphatic carbocycles. The van der Waals surface area contributed by atoms with Crippen LogP contribution in [-0.4, -0.2) is 111 Å². The van der Waals surface area contributed by atoms with Gasteiger partial charge in [-0.25, -0.2) is 9.67 Å². The van der Waals surface area contributed by atoms with Gasteiger partial charge in [0.1, 0.15) is 12.3 Å². The molecule has 4 N–H and O–H groups in total. The summed E-state index contributed by atoms with van der Waals surface area (Å²) in [6, 6.07) is 15.1. The number of hydrogen-bond donors (Lipinski definition) is 3. The lowest BCUT2D eigenvalue weighted by Gasteiger charge is -2.27. The molecule has 304 valence electrons. The van der Waals surface area contributed by atoms with Gasteiger partial charge in [-0.2, -0.15) is 5.10 Å². The van der Waals surface area contributed by atoms with Crippen LogP contribution in [0.25, 0.3) is 17.1 Å². The summed E-state index contributed by atoms with van der Waals surface area (Å²) >= 11 is 0. The Bertz CT molecular complexity index is 2380. The van der Waals surface area contributed by atoms with Crippen LogP contribution in [0.15, 0.2) is 83.9 Å². The van der Waals surface area contributed by atoms with E-state index in [0.29, 0.717) is 63.6 Å². The van der Waals surface area contributed by atoms with Crippen LogP contribution in [0, 0.1) is 0 Å². The summed E-state index contributed by atoms with van der Waals surface area (Å²) in [6.07, 6.45) is 7.41. The number of pyridine rings is 1. The number of hydrogen-bond acceptors (Lipinski definition) is 13. The Labute approximate surface area is 337 Å². The van der Waals surface area contributed by atoms with E-state index in [1.807, 2.05) is 31.3 Å². The van der Waals surface area contributed by atoms with Crippen molar-refractivity contribution in [2.24, 2.45) is 5.73 Å². The van der Waals surface area contributed by atoms with Crippen LogP contribution in [0.5, 0.6) is 0 Å². The quantitative estimate of drug-likeness (QED) is 0.0855. The summed E-state index contributed by atoms with van der Waals surface area (Å²) in [5, 5.41) is 9.15. The number of aromatic nitrogens is 4. The third-order valence-corrected chi connectivity index (χ3v) is 9.76. The van der Waals surface area contributed by atoms with Gasteiger partial charge in [0.25, 0.3) is 23.6 Å². The number of amides is 6. The molecule has 59 heavy (non-hydrogen) atoms. The van der Waals surface area contributed by atoms with Gasteiger partial charge in [0.2, 0.25) is 17.7 Å². The largest absolute Gasteiger partial charge is 0.444 e. The first-order valence-corrected chi connectivity index (χ1v) is 18.9. The molecule has 2 aliphatic heterocycles. The number of nitrogens with two attached hydrogens (primary N) is 1. The third kappa shape index (κ3) is 9.47. The Morgan fingerprint density at radius 2 is 1.68 bits per heavy atom. The van der Waals surface area contributed by atoms with E-state index in [1.54, 1.807) is 42.7 Å². The molecule has 1 unspecified atom stereocenters. The molecule has 0 bridgehead atoms. The molecule has 2 aromatic carbocycles. The number of rotatable bonds is 18. The van der Waals surface area contributed by atoms with Crippen molar-refractivity contribution in [3.63, 3.8) is 0 Å². The second kappa shape index (κ2) is 18.1. The number of nitrogens with one attached hydrogen (secondary N) is 2. The standard InChI is InChI=1S/C41H41N9O9/c1-48(16-18-58-20-19-57-17-2-3-25-6-9-29-30(21-25)41(56)50(40(29)55)33-10-11-34(51)46-38(33)54)22-26-4-7-28(8-5-26)49-23-31(35(47-49)36(42)52)44-37(53)32-24-59-39(45-32)27-12-14-43-15-13-27/h4-9,12-15,21,23-24,33H,2-3,10-11,16-20,22H2,1H3,(H2,42,52)(H,44,53)(H,46,51,54). The summed E-state index contributed by atoms with van der Waals surface area (Å²) in [5.41, 5.74) is 9.35. The van der Waals surface area contributed by atoms with Crippen LogP contribution in [0.2, 0.25) is 0 Å². The topological polar surface area (TPSA) is 234 Å². The van der Waals surface area contributed by atoms with Gasteiger partial charge < -0.3 is 24.9 Å². The van der Waals surface area contributed by atoms with Crippen molar-refractivity contribution >= 4 is 41.1 Å². The van der Waals surface area contributed by atoms with Crippen LogP contribution in [0.4, 0.5) is 5.69 Å². The maximum absolute atomic E-state index is 13.1. The Morgan fingerprint density at radius 1 is 0.949 bits per heavy atom. The van der Waals surface area contributed by atoms with Crippen LogP contribution in [-0.2, 0) is 32.0 Å². The number of anilines is 1. The van der Waals surface area contributed by atoms with Crippen LogP contribution >= 0.6 is 0 Å². The Balaban J connectivity index is 0.795. The van der Waals surface area contributed by atoms with E-state index in [9.17, 15) is 28.8 Å². The lowest BCUT2D eigenvalue weighted by atomic mass is 10.0. The molecule has 1 saturated heterocycles. The summed E-state index contributed by atoms with van der Waals surface area (Å²) in [4.78, 5) is 86.2. The Kier molecular flexibility index (Phi) is 12.4. The number of nitrogens with zero attached hydrogens (tertiary/aromatic N) is 6. The summed E-state index contributed by atoms with van der Waals surface area (Å²) in [7, 11) is 1.99. The van der Waals surface area contributed by atoms with Gasteiger partial charge in [0, 0.05) is 44.1 Å². The number of piperidine rings is 1. The zero-order valence-corrected chi connectivity index (χ0v) is 32.1. The summed E-state index contributed by atoms with van der Waals surface area (Å²) < 4.78 is 18.4. The minimum absolute atomic E-state index is 0.0120. The summed E-state index contributed by atoms with van der Waals surface area (Å²) in [6.45, 7) is 3.19. The fourth-order valence-electron chi connectivity index (χ4n) is 6.71. The minimum atomic E-state index is -0.991. The molecule has 6 amide bonds. The zero-order chi connectivity index (χ0) is 41.5. The van der Waals surface area contributed by atoms with E-state index in [4.69, 9.17) is 19.6 Å². The Morgan fingerprint density at radius 3 is 2.42 bits per heavy atom. The van der Waals surface area contributed by atoms with E-state index in [1.165, 1.54) is 17.1 Å². The molecule has 1 atom stereocenters. The molecule has 5 aromatic rings. The molecular formula is C41H41N9O9. The van der Waals surface area contributed by atoms with Gasteiger partial charge in [-0.3, -0.25) is 48.9 Å². The molecule has 2 aliphatic rings. The number of imide groups is 2. The second-order valence-electron chi connectivity index (χ2n) is 14.0. The number of benzene rings is 2. The van der Waals surface area contributed by atoms with Crippen molar-refractivity contribution < 1.29 is 42.7 Å². The molecule has 3 aromatic heterocycles. The highest BCUT2D eigenvalue weighted by molar-refractivity contribution is 6.23. The molecule has 0 radical (unpaired) electrons. The molecule has 0 spiro atoms. The first kappa shape index (κ1) is 40.3. The van der Waals surface area contributed by atoms with Crippen molar-refractivity contribution in [2.75, 3.05) is 45.3 Å². The highest BCUT2D eigenvalue weighted by atomic mass is 16.5. The number of carbonyl (C=O) groups excluding carboxylic acids is 6. The average molecular weight is 804 g/mol. The molecule has 18 heteroatoms. The second-order valence-corrected chi connectivity index (χ2v) is 14.0. The number of oxazole rings is 1. The highest BCUT2D eigenvalue weighted by Crippen LogP contribution is 2.29. The number of aryl methyl sites for hydroxylation is 1. The first-order chi connectivity index (χ1) is 28.5. The van der Waals surface area contributed by atoms with E-state index in [0.717, 1.165) is 16.0 Å². The van der Waals surface area contributed by atoms with Gasteiger partial charge in [-0.05, 0) is 73.8 Å². The molecule has 1 fully saturated rings. The SMILES string of the molecule is CN(CCOCCOCCCc1ccc2c(c1)C(=O)N(C1CCC(=O)NC1=O)C2=O)Cc1ccc(-n2cc(NC(=O)c3coc(-c4ccncc4)n3)c(C(N)=O)n2)cc1. The average Bonchev–Trinajstić information content (AvgIpc) is 3.95. The van der Waals surface area contributed by atoms with Crippen molar-refractivity contribution in [3.05, 3.63) is 113 Å². The lowest BCUT2D eigenvalue weighted by molar-refractivity contribution is -0.136. The minimum Gasteiger partial charge on any atom is -0.444 e. The molecule has 0 saturated carbocycles. The van der Waals surface area contributed by atoms with E-state index >= 15 is 0 Å². The van der Waals surface area contributed by atoms with Crippen LogP contribution in [0.1, 0.15) is 72.1 Å².